The molecule has 0 fully saturated rings. The average molecular weight is 212 g/mol. The minimum Gasteiger partial charge on any atom is -0.363 e. The molecule has 0 radical (unpaired) electrons. The molecular weight excluding hydrogens is 199 g/mol. The number of anilines is 1. The molecule has 0 aliphatic heterocycles. The number of hydrogen-bond acceptors (Lipinski definition) is 1. The van der Waals surface area contributed by atoms with Crippen LogP contribution < -0.4 is 10.6 Å². The summed E-state index contributed by atoms with van der Waals surface area (Å²) in [5.74, 6) is -0.234. The Labute approximate surface area is 88.5 Å². The topological polar surface area (TPSA) is 24.1 Å². The third-order valence-electron chi connectivity index (χ3n) is 1.77. The summed E-state index contributed by atoms with van der Waals surface area (Å²) in [6.07, 6.45) is 0. The lowest BCUT2D eigenvalue weighted by molar-refractivity contribution is 0.627. The molecule has 1 aromatic carbocycles. The van der Waals surface area contributed by atoms with Crippen molar-refractivity contribution in [3.05, 3.63) is 29.6 Å². The molecule has 0 atom stereocenters. The van der Waals surface area contributed by atoms with Gasteiger partial charge in [-0.3, -0.25) is 0 Å². The molecule has 0 amide bonds. The van der Waals surface area contributed by atoms with Gasteiger partial charge in [0.2, 0.25) is 0 Å². The van der Waals surface area contributed by atoms with Gasteiger partial charge in [0.25, 0.3) is 0 Å². The predicted molar refractivity (Wildman–Crippen MR) is 61.0 cm³/mol. The number of rotatable bonds is 2. The first-order chi connectivity index (χ1) is 6.63. The second kappa shape index (κ2) is 4.91. The van der Waals surface area contributed by atoms with Crippen molar-refractivity contribution in [3.8, 4) is 0 Å². The van der Waals surface area contributed by atoms with Crippen molar-refractivity contribution in [3.63, 3.8) is 0 Å². The SMILES string of the molecule is CCNC(=S)Nc1ccc(F)cc1C. The fourth-order valence-electron chi connectivity index (χ4n) is 1.09. The molecule has 0 unspecified atom stereocenters. The van der Waals surface area contributed by atoms with Gasteiger partial charge in [-0.05, 0) is 49.8 Å². The Bertz CT molecular complexity index is 339. The van der Waals surface area contributed by atoms with Gasteiger partial charge in [0.1, 0.15) is 5.82 Å². The Morgan fingerprint density at radius 1 is 1.50 bits per heavy atom. The number of aryl methyl sites for hydroxylation is 1. The maximum Gasteiger partial charge on any atom is 0.170 e. The van der Waals surface area contributed by atoms with E-state index < -0.39 is 0 Å². The molecule has 0 heterocycles. The van der Waals surface area contributed by atoms with E-state index >= 15 is 0 Å². The Morgan fingerprint density at radius 3 is 2.79 bits per heavy atom. The highest BCUT2D eigenvalue weighted by Gasteiger charge is 2.00. The normalized spacial score (nSPS) is 9.64. The Hall–Kier alpha value is -1.16. The van der Waals surface area contributed by atoms with Crippen molar-refractivity contribution in [1.29, 1.82) is 0 Å². The number of halogens is 1. The van der Waals surface area contributed by atoms with Gasteiger partial charge in [0.15, 0.2) is 5.11 Å². The Balaban J connectivity index is 2.72. The molecule has 0 aliphatic rings. The fraction of sp³-hybridized carbons (Fsp3) is 0.300. The standard InChI is InChI=1S/C10H13FN2S/c1-3-12-10(14)13-9-5-4-8(11)6-7(9)2/h4-6H,3H2,1-2H3,(H2,12,13,14). The Kier molecular flexibility index (Phi) is 3.83. The van der Waals surface area contributed by atoms with Crippen LogP contribution in [0, 0.1) is 12.7 Å². The van der Waals surface area contributed by atoms with Crippen molar-refractivity contribution >= 4 is 23.0 Å². The molecule has 1 rings (SSSR count). The lowest BCUT2D eigenvalue weighted by Gasteiger charge is -2.10. The number of thiocarbonyl (C=S) groups is 1. The van der Waals surface area contributed by atoms with Crippen LogP contribution in [0.4, 0.5) is 10.1 Å². The van der Waals surface area contributed by atoms with Gasteiger partial charge in [0.05, 0.1) is 0 Å². The fourth-order valence-corrected chi connectivity index (χ4v) is 1.35. The zero-order valence-electron chi connectivity index (χ0n) is 8.23. The summed E-state index contributed by atoms with van der Waals surface area (Å²) in [5, 5.41) is 6.51. The molecule has 2 nitrogen and oxygen atoms in total. The van der Waals surface area contributed by atoms with E-state index in [1.54, 1.807) is 6.07 Å². The summed E-state index contributed by atoms with van der Waals surface area (Å²) in [7, 11) is 0. The summed E-state index contributed by atoms with van der Waals surface area (Å²) in [6.45, 7) is 4.57. The van der Waals surface area contributed by atoms with Crippen molar-refractivity contribution in [2.45, 2.75) is 13.8 Å². The molecule has 0 aliphatic carbocycles. The molecule has 4 heteroatoms. The van der Waals surface area contributed by atoms with E-state index in [0.717, 1.165) is 17.8 Å². The van der Waals surface area contributed by atoms with Crippen molar-refractivity contribution in [1.82, 2.24) is 5.32 Å². The first-order valence-electron chi connectivity index (χ1n) is 4.44. The molecule has 0 saturated heterocycles. The highest BCUT2D eigenvalue weighted by atomic mass is 32.1. The molecule has 2 N–H and O–H groups in total. The van der Waals surface area contributed by atoms with E-state index in [0.29, 0.717) is 5.11 Å². The monoisotopic (exact) mass is 212 g/mol. The zero-order chi connectivity index (χ0) is 10.6. The molecular formula is C10H13FN2S. The lowest BCUT2D eigenvalue weighted by Crippen LogP contribution is -2.28. The third-order valence-corrected chi connectivity index (χ3v) is 2.02. The highest BCUT2D eigenvalue weighted by molar-refractivity contribution is 7.80. The molecule has 76 valence electrons. The summed E-state index contributed by atoms with van der Waals surface area (Å²) < 4.78 is 12.8. The summed E-state index contributed by atoms with van der Waals surface area (Å²) in [4.78, 5) is 0. The van der Waals surface area contributed by atoms with E-state index in [2.05, 4.69) is 10.6 Å². The van der Waals surface area contributed by atoms with Crippen LogP contribution in [0.2, 0.25) is 0 Å². The van der Waals surface area contributed by atoms with Crippen LogP contribution in [0.3, 0.4) is 0 Å². The van der Waals surface area contributed by atoms with Crippen LogP contribution in [0.25, 0.3) is 0 Å². The van der Waals surface area contributed by atoms with Crippen LogP contribution >= 0.6 is 12.2 Å². The summed E-state index contributed by atoms with van der Waals surface area (Å²) in [5.41, 5.74) is 1.67. The second-order valence-electron chi connectivity index (χ2n) is 2.94. The lowest BCUT2D eigenvalue weighted by atomic mass is 10.2. The Morgan fingerprint density at radius 2 is 2.21 bits per heavy atom. The minimum absolute atomic E-state index is 0.234. The average Bonchev–Trinajstić information content (AvgIpc) is 2.10. The maximum atomic E-state index is 12.8. The first kappa shape index (κ1) is 10.9. The highest BCUT2D eigenvalue weighted by Crippen LogP contribution is 2.15. The summed E-state index contributed by atoms with van der Waals surface area (Å²) in [6, 6.07) is 4.55. The zero-order valence-corrected chi connectivity index (χ0v) is 9.04. The quantitative estimate of drug-likeness (QED) is 0.736. The van der Waals surface area contributed by atoms with Crippen molar-refractivity contribution in [2.24, 2.45) is 0 Å². The van der Waals surface area contributed by atoms with Crippen LogP contribution in [-0.4, -0.2) is 11.7 Å². The molecule has 0 saturated carbocycles. The van der Waals surface area contributed by atoms with Gasteiger partial charge < -0.3 is 10.6 Å². The van der Waals surface area contributed by atoms with Crippen molar-refractivity contribution < 1.29 is 4.39 Å². The predicted octanol–water partition coefficient (Wildman–Crippen LogP) is 2.44. The van der Waals surface area contributed by atoms with Gasteiger partial charge in [-0.1, -0.05) is 0 Å². The second-order valence-corrected chi connectivity index (χ2v) is 3.35. The van der Waals surface area contributed by atoms with Gasteiger partial charge >= 0.3 is 0 Å². The van der Waals surface area contributed by atoms with Gasteiger partial charge in [-0.2, -0.15) is 0 Å². The first-order valence-corrected chi connectivity index (χ1v) is 4.85. The van der Waals surface area contributed by atoms with Gasteiger partial charge in [-0.15, -0.1) is 0 Å². The van der Waals surface area contributed by atoms with Gasteiger partial charge in [-0.25, -0.2) is 4.39 Å². The summed E-state index contributed by atoms with van der Waals surface area (Å²) >= 11 is 5.01. The van der Waals surface area contributed by atoms with E-state index in [4.69, 9.17) is 12.2 Å². The number of benzene rings is 1. The van der Waals surface area contributed by atoms with Crippen LogP contribution in [-0.2, 0) is 0 Å². The van der Waals surface area contributed by atoms with Crippen LogP contribution in [0.5, 0.6) is 0 Å². The van der Waals surface area contributed by atoms with E-state index in [1.165, 1.54) is 12.1 Å². The molecule has 1 aromatic rings. The van der Waals surface area contributed by atoms with E-state index in [-0.39, 0.29) is 5.82 Å². The molecule has 0 spiro atoms. The van der Waals surface area contributed by atoms with Crippen molar-refractivity contribution in [2.75, 3.05) is 11.9 Å². The molecule has 0 bridgehead atoms. The third kappa shape index (κ3) is 2.96. The van der Waals surface area contributed by atoms with Crippen LogP contribution in [0.15, 0.2) is 18.2 Å². The number of nitrogens with one attached hydrogen (secondary N) is 2. The smallest absolute Gasteiger partial charge is 0.170 e. The molecule has 0 aromatic heterocycles. The van der Waals surface area contributed by atoms with E-state index in [9.17, 15) is 4.39 Å². The number of hydrogen-bond donors (Lipinski definition) is 2. The maximum absolute atomic E-state index is 12.8. The largest absolute Gasteiger partial charge is 0.363 e. The van der Waals surface area contributed by atoms with Gasteiger partial charge in [0, 0.05) is 12.2 Å². The minimum atomic E-state index is -0.234. The molecule has 14 heavy (non-hydrogen) atoms. The van der Waals surface area contributed by atoms with Crippen LogP contribution in [0.1, 0.15) is 12.5 Å². The van der Waals surface area contributed by atoms with E-state index in [1.807, 2.05) is 13.8 Å².